The average molecular weight is 209 g/mol. The number of benzene rings is 1. The second-order valence-electron chi connectivity index (χ2n) is 3.11. The van der Waals surface area contributed by atoms with E-state index in [0.29, 0.717) is 11.3 Å². The molecule has 0 fully saturated rings. The summed E-state index contributed by atoms with van der Waals surface area (Å²) in [4.78, 5) is 20.7. The van der Waals surface area contributed by atoms with Gasteiger partial charge in [0, 0.05) is 23.6 Å². The lowest BCUT2D eigenvalue weighted by Gasteiger charge is -2.09. The van der Waals surface area contributed by atoms with Gasteiger partial charge in [-0.25, -0.2) is 0 Å². The maximum absolute atomic E-state index is 10.6. The third kappa shape index (κ3) is 2.31. The highest BCUT2D eigenvalue weighted by Gasteiger charge is 2.15. The molecule has 0 heterocycles. The number of aldehydes is 1. The molecular weight excluding hydrogens is 198 g/mol. The molecule has 1 atom stereocenters. The molecule has 1 aromatic carbocycles. The molecule has 0 aliphatic heterocycles. The third-order valence-corrected chi connectivity index (χ3v) is 2.12. The Balaban J connectivity index is 3.24. The van der Waals surface area contributed by atoms with Crippen molar-refractivity contribution in [1.82, 2.24) is 0 Å². The standard InChI is InChI=1S/C10H11NO4/c1-7(6-12)9-5-8(11(13)14)3-4-10(9)15-2/h3-7H,1-2H3. The molecule has 1 rings (SSSR count). The van der Waals surface area contributed by atoms with Crippen LogP contribution in [0.2, 0.25) is 0 Å². The van der Waals surface area contributed by atoms with Crippen LogP contribution in [0.3, 0.4) is 0 Å². The Morgan fingerprint density at radius 3 is 2.67 bits per heavy atom. The van der Waals surface area contributed by atoms with Gasteiger partial charge in [-0.1, -0.05) is 6.92 Å². The largest absolute Gasteiger partial charge is 0.496 e. The van der Waals surface area contributed by atoms with Gasteiger partial charge in [0.2, 0.25) is 0 Å². The Hall–Kier alpha value is -1.91. The Kier molecular flexibility index (Phi) is 3.38. The summed E-state index contributed by atoms with van der Waals surface area (Å²) in [7, 11) is 1.46. The lowest BCUT2D eigenvalue weighted by atomic mass is 10.0. The number of nitrogens with zero attached hydrogens (tertiary/aromatic N) is 1. The summed E-state index contributed by atoms with van der Waals surface area (Å²) < 4.78 is 5.02. The first-order valence-electron chi connectivity index (χ1n) is 4.37. The van der Waals surface area contributed by atoms with Crippen LogP contribution in [0.15, 0.2) is 18.2 Å². The summed E-state index contributed by atoms with van der Waals surface area (Å²) in [6, 6.07) is 4.20. The van der Waals surface area contributed by atoms with Gasteiger partial charge in [0.1, 0.15) is 12.0 Å². The van der Waals surface area contributed by atoms with Crippen molar-refractivity contribution in [1.29, 1.82) is 0 Å². The molecular formula is C10H11NO4. The molecule has 0 spiro atoms. The Morgan fingerprint density at radius 2 is 2.20 bits per heavy atom. The van der Waals surface area contributed by atoms with E-state index in [9.17, 15) is 14.9 Å². The molecule has 0 aliphatic rings. The van der Waals surface area contributed by atoms with Crippen LogP contribution in [0.4, 0.5) is 5.69 Å². The summed E-state index contributed by atoms with van der Waals surface area (Å²) in [6.07, 6.45) is 0.724. The van der Waals surface area contributed by atoms with E-state index in [2.05, 4.69) is 0 Å². The van der Waals surface area contributed by atoms with E-state index in [1.54, 1.807) is 6.92 Å². The summed E-state index contributed by atoms with van der Waals surface area (Å²) in [5.41, 5.74) is 0.487. The SMILES string of the molecule is COc1ccc([N+](=O)[O-])cc1C(C)C=O. The minimum Gasteiger partial charge on any atom is -0.496 e. The van der Waals surface area contributed by atoms with Gasteiger partial charge in [-0.05, 0) is 6.07 Å². The van der Waals surface area contributed by atoms with E-state index in [4.69, 9.17) is 4.74 Å². The quantitative estimate of drug-likeness (QED) is 0.431. The highest BCUT2D eigenvalue weighted by molar-refractivity contribution is 5.65. The Labute approximate surface area is 86.8 Å². The molecule has 1 aromatic rings. The summed E-state index contributed by atoms with van der Waals surface area (Å²) in [6.45, 7) is 1.66. The topological polar surface area (TPSA) is 69.4 Å². The molecule has 0 aromatic heterocycles. The van der Waals surface area contributed by atoms with Crippen LogP contribution >= 0.6 is 0 Å². The van der Waals surface area contributed by atoms with Crippen molar-refractivity contribution < 1.29 is 14.5 Å². The number of carbonyl (C=O) groups excluding carboxylic acids is 1. The summed E-state index contributed by atoms with van der Waals surface area (Å²) in [5.74, 6) is 0.0695. The fourth-order valence-corrected chi connectivity index (χ4v) is 1.26. The first kappa shape index (κ1) is 11.2. The number of hydrogen-bond acceptors (Lipinski definition) is 4. The van der Waals surface area contributed by atoms with Crippen LogP contribution in [0, 0.1) is 10.1 Å². The van der Waals surface area contributed by atoms with Gasteiger partial charge in [-0.15, -0.1) is 0 Å². The van der Waals surface area contributed by atoms with Crippen molar-refractivity contribution in [2.24, 2.45) is 0 Å². The van der Waals surface area contributed by atoms with E-state index in [1.807, 2.05) is 0 Å². The molecule has 0 N–H and O–H groups in total. The lowest BCUT2D eigenvalue weighted by molar-refractivity contribution is -0.384. The molecule has 15 heavy (non-hydrogen) atoms. The van der Waals surface area contributed by atoms with Gasteiger partial charge in [-0.2, -0.15) is 0 Å². The monoisotopic (exact) mass is 209 g/mol. The minimum absolute atomic E-state index is 0.0421. The molecule has 80 valence electrons. The second kappa shape index (κ2) is 4.54. The Bertz CT molecular complexity index is 389. The van der Waals surface area contributed by atoms with Crippen LogP contribution in [-0.2, 0) is 4.79 Å². The molecule has 5 heteroatoms. The number of nitro benzene ring substituents is 1. The smallest absolute Gasteiger partial charge is 0.269 e. The number of carbonyl (C=O) groups is 1. The van der Waals surface area contributed by atoms with Crippen LogP contribution < -0.4 is 4.74 Å². The molecule has 0 aliphatic carbocycles. The van der Waals surface area contributed by atoms with Gasteiger partial charge < -0.3 is 9.53 Å². The zero-order valence-electron chi connectivity index (χ0n) is 8.47. The number of ether oxygens (including phenoxy) is 1. The fraction of sp³-hybridized carbons (Fsp3) is 0.300. The summed E-state index contributed by atoms with van der Waals surface area (Å²) >= 11 is 0. The normalized spacial score (nSPS) is 11.9. The predicted octanol–water partition coefficient (Wildman–Crippen LogP) is 1.91. The summed E-state index contributed by atoms with van der Waals surface area (Å²) in [5, 5.41) is 10.5. The Morgan fingerprint density at radius 1 is 1.53 bits per heavy atom. The van der Waals surface area contributed by atoms with Gasteiger partial charge in [0.05, 0.1) is 12.0 Å². The molecule has 1 unspecified atom stereocenters. The van der Waals surface area contributed by atoms with E-state index in [0.717, 1.165) is 6.29 Å². The second-order valence-corrected chi connectivity index (χ2v) is 3.11. The number of rotatable bonds is 4. The maximum Gasteiger partial charge on any atom is 0.269 e. The minimum atomic E-state index is -0.500. The molecule has 0 saturated carbocycles. The first-order chi connectivity index (χ1) is 7.10. The van der Waals surface area contributed by atoms with Crippen LogP contribution in [0.25, 0.3) is 0 Å². The number of non-ortho nitro benzene ring substituents is 1. The van der Waals surface area contributed by atoms with Crippen LogP contribution in [0.1, 0.15) is 18.4 Å². The van der Waals surface area contributed by atoms with Gasteiger partial charge >= 0.3 is 0 Å². The molecule has 0 bridgehead atoms. The van der Waals surface area contributed by atoms with Crippen molar-refractivity contribution in [2.75, 3.05) is 7.11 Å². The molecule has 0 amide bonds. The van der Waals surface area contributed by atoms with Gasteiger partial charge in [0.15, 0.2) is 0 Å². The first-order valence-corrected chi connectivity index (χ1v) is 4.37. The van der Waals surface area contributed by atoms with Crippen molar-refractivity contribution >= 4 is 12.0 Å². The van der Waals surface area contributed by atoms with Crippen LogP contribution in [-0.4, -0.2) is 18.3 Å². The van der Waals surface area contributed by atoms with E-state index >= 15 is 0 Å². The predicted molar refractivity (Wildman–Crippen MR) is 54.1 cm³/mol. The van der Waals surface area contributed by atoms with Crippen molar-refractivity contribution in [3.05, 3.63) is 33.9 Å². The average Bonchev–Trinajstić information content (AvgIpc) is 2.27. The molecule has 0 saturated heterocycles. The van der Waals surface area contributed by atoms with E-state index < -0.39 is 10.8 Å². The molecule has 5 nitrogen and oxygen atoms in total. The highest BCUT2D eigenvalue weighted by Crippen LogP contribution is 2.29. The van der Waals surface area contributed by atoms with Crippen molar-refractivity contribution in [3.63, 3.8) is 0 Å². The zero-order chi connectivity index (χ0) is 11.4. The van der Waals surface area contributed by atoms with E-state index in [-0.39, 0.29) is 5.69 Å². The van der Waals surface area contributed by atoms with Gasteiger partial charge in [0.25, 0.3) is 5.69 Å². The maximum atomic E-state index is 10.6. The number of methoxy groups -OCH3 is 1. The number of nitro groups is 1. The third-order valence-electron chi connectivity index (χ3n) is 2.12. The van der Waals surface area contributed by atoms with Crippen molar-refractivity contribution in [3.8, 4) is 5.75 Å². The van der Waals surface area contributed by atoms with Crippen molar-refractivity contribution in [2.45, 2.75) is 12.8 Å². The van der Waals surface area contributed by atoms with Crippen LogP contribution in [0.5, 0.6) is 5.75 Å². The molecule has 0 radical (unpaired) electrons. The zero-order valence-corrected chi connectivity index (χ0v) is 8.47. The van der Waals surface area contributed by atoms with E-state index in [1.165, 1.54) is 25.3 Å². The highest BCUT2D eigenvalue weighted by atomic mass is 16.6. The lowest BCUT2D eigenvalue weighted by Crippen LogP contribution is -2.00. The van der Waals surface area contributed by atoms with Gasteiger partial charge in [-0.3, -0.25) is 10.1 Å². The number of hydrogen-bond donors (Lipinski definition) is 0. The fourth-order valence-electron chi connectivity index (χ4n) is 1.26.